The third kappa shape index (κ3) is 3.58. The Labute approximate surface area is 130 Å². The summed E-state index contributed by atoms with van der Waals surface area (Å²) >= 11 is 0. The normalized spacial score (nSPS) is 20.9. The molecule has 2 aliphatic heterocycles. The van der Waals surface area contributed by atoms with E-state index in [9.17, 15) is 9.90 Å². The lowest BCUT2D eigenvalue weighted by Gasteiger charge is -2.32. The molecule has 1 aromatic rings. The van der Waals surface area contributed by atoms with Crippen molar-refractivity contribution < 1.29 is 14.6 Å². The van der Waals surface area contributed by atoms with Gasteiger partial charge in [-0.05, 0) is 31.2 Å². The highest BCUT2D eigenvalue weighted by Gasteiger charge is 2.19. The fraction of sp³-hybridized carbons (Fsp3) is 0.562. The van der Waals surface area contributed by atoms with E-state index in [1.807, 2.05) is 12.1 Å². The average Bonchev–Trinajstić information content (AvgIpc) is 2.53. The number of likely N-dealkylation sites (N-methyl/N-ethyl adjacent to an activating group) is 1. The first-order valence-electron chi connectivity index (χ1n) is 7.77. The first-order valence-corrected chi connectivity index (χ1v) is 7.77. The average molecular weight is 305 g/mol. The van der Waals surface area contributed by atoms with Crippen LogP contribution in [0.3, 0.4) is 0 Å². The second-order valence-electron chi connectivity index (χ2n) is 6.04. The number of amides is 1. The van der Waals surface area contributed by atoms with Gasteiger partial charge in [0.05, 0.1) is 11.8 Å². The zero-order valence-electron chi connectivity index (χ0n) is 12.9. The van der Waals surface area contributed by atoms with Gasteiger partial charge in [0.2, 0.25) is 0 Å². The molecule has 1 fully saturated rings. The second kappa shape index (κ2) is 6.64. The smallest absolute Gasteiger partial charge is 0.262 e. The largest absolute Gasteiger partial charge is 0.482 e. The van der Waals surface area contributed by atoms with Gasteiger partial charge in [0.15, 0.2) is 6.61 Å². The molecule has 2 aliphatic rings. The van der Waals surface area contributed by atoms with Gasteiger partial charge in [0, 0.05) is 32.7 Å². The first kappa shape index (κ1) is 15.3. The van der Waals surface area contributed by atoms with Crippen LogP contribution in [0.2, 0.25) is 0 Å². The van der Waals surface area contributed by atoms with Crippen LogP contribution in [-0.4, -0.2) is 67.2 Å². The molecule has 3 rings (SSSR count). The number of hydrogen-bond donors (Lipinski definition) is 2. The van der Waals surface area contributed by atoms with Crippen molar-refractivity contribution in [3.8, 4) is 5.75 Å². The van der Waals surface area contributed by atoms with Gasteiger partial charge in [-0.1, -0.05) is 6.07 Å². The van der Waals surface area contributed by atoms with E-state index in [-0.39, 0.29) is 12.5 Å². The molecule has 1 atom stereocenters. The summed E-state index contributed by atoms with van der Waals surface area (Å²) < 4.78 is 5.33. The molecule has 120 valence electrons. The van der Waals surface area contributed by atoms with Gasteiger partial charge >= 0.3 is 0 Å². The summed E-state index contributed by atoms with van der Waals surface area (Å²) in [6, 6.07) is 5.48. The predicted molar refractivity (Wildman–Crippen MR) is 84.1 cm³/mol. The number of benzene rings is 1. The molecule has 0 aliphatic carbocycles. The summed E-state index contributed by atoms with van der Waals surface area (Å²) in [6.07, 6.45) is 0.167. The summed E-state index contributed by atoms with van der Waals surface area (Å²) in [5, 5.41) is 13.2. The Morgan fingerprint density at radius 1 is 1.32 bits per heavy atom. The van der Waals surface area contributed by atoms with Gasteiger partial charge in [-0.3, -0.25) is 4.79 Å². The van der Waals surface area contributed by atoms with Crippen molar-refractivity contribution in [1.29, 1.82) is 0 Å². The van der Waals surface area contributed by atoms with Crippen molar-refractivity contribution in [2.45, 2.75) is 12.5 Å². The summed E-state index contributed by atoms with van der Waals surface area (Å²) in [6.45, 7) is 5.21. The number of aliphatic hydroxyl groups is 1. The number of carbonyl (C=O) groups excluding carboxylic acids is 1. The molecule has 0 spiro atoms. The number of carbonyl (C=O) groups is 1. The predicted octanol–water partition coefficient (Wildman–Crippen LogP) is 0.688. The zero-order chi connectivity index (χ0) is 15.5. The van der Waals surface area contributed by atoms with Crippen molar-refractivity contribution in [2.75, 3.05) is 51.7 Å². The summed E-state index contributed by atoms with van der Waals surface area (Å²) in [5.41, 5.74) is 1.46. The maximum Gasteiger partial charge on any atom is 0.262 e. The first-order chi connectivity index (χ1) is 10.6. The molecule has 1 aromatic carbocycles. The van der Waals surface area contributed by atoms with Crippen molar-refractivity contribution in [3.63, 3.8) is 0 Å². The van der Waals surface area contributed by atoms with E-state index in [0.717, 1.165) is 38.3 Å². The van der Waals surface area contributed by atoms with Crippen LogP contribution < -0.4 is 10.1 Å². The van der Waals surface area contributed by atoms with Crippen LogP contribution in [0.1, 0.15) is 18.1 Å². The van der Waals surface area contributed by atoms with E-state index >= 15 is 0 Å². The lowest BCUT2D eigenvalue weighted by atomic mass is 10.0. The maximum absolute atomic E-state index is 11.4. The Hall–Kier alpha value is -1.63. The van der Waals surface area contributed by atoms with Crippen LogP contribution in [0, 0.1) is 0 Å². The number of aliphatic hydroxyl groups excluding tert-OH is 1. The number of hydrogen-bond acceptors (Lipinski definition) is 5. The lowest BCUT2D eigenvalue weighted by molar-refractivity contribution is -0.118. The minimum Gasteiger partial charge on any atom is -0.482 e. The number of ether oxygens (including phenoxy) is 1. The number of anilines is 1. The SMILES string of the molecule is CN1CCN(CCC(O)c2ccc3c(c2)NC(=O)CO3)CC1. The Morgan fingerprint density at radius 3 is 2.86 bits per heavy atom. The van der Waals surface area contributed by atoms with Gasteiger partial charge in [0.25, 0.3) is 5.91 Å². The number of piperazine rings is 1. The third-order valence-electron chi connectivity index (χ3n) is 4.34. The Morgan fingerprint density at radius 2 is 2.09 bits per heavy atom. The van der Waals surface area contributed by atoms with Crippen LogP contribution >= 0.6 is 0 Å². The van der Waals surface area contributed by atoms with Crippen molar-refractivity contribution in [1.82, 2.24) is 9.80 Å². The monoisotopic (exact) mass is 305 g/mol. The second-order valence-corrected chi connectivity index (χ2v) is 6.04. The van der Waals surface area contributed by atoms with E-state index in [4.69, 9.17) is 4.74 Å². The molecule has 1 saturated heterocycles. The molecule has 22 heavy (non-hydrogen) atoms. The summed E-state index contributed by atoms with van der Waals surface area (Å²) in [4.78, 5) is 16.1. The van der Waals surface area contributed by atoms with Gasteiger partial charge < -0.3 is 25.0 Å². The Bertz CT molecular complexity index is 541. The van der Waals surface area contributed by atoms with Gasteiger partial charge in [-0.15, -0.1) is 0 Å². The topological polar surface area (TPSA) is 65.0 Å². The highest BCUT2D eigenvalue weighted by molar-refractivity contribution is 5.95. The van der Waals surface area contributed by atoms with E-state index in [0.29, 0.717) is 17.9 Å². The molecular formula is C16H23N3O3. The molecule has 0 aromatic heterocycles. The minimum absolute atomic E-state index is 0.0539. The fourth-order valence-electron chi connectivity index (χ4n) is 2.85. The number of rotatable bonds is 4. The van der Waals surface area contributed by atoms with Crippen LogP contribution in [0.15, 0.2) is 18.2 Å². The van der Waals surface area contributed by atoms with Crippen molar-refractivity contribution in [2.24, 2.45) is 0 Å². The van der Waals surface area contributed by atoms with Gasteiger partial charge in [-0.2, -0.15) is 0 Å². The molecule has 6 heteroatoms. The van der Waals surface area contributed by atoms with E-state index < -0.39 is 6.10 Å². The molecule has 0 saturated carbocycles. The molecule has 6 nitrogen and oxygen atoms in total. The standard InChI is InChI=1S/C16H23N3O3/c1-18-6-8-19(9-7-18)5-4-14(20)12-2-3-15-13(10-12)17-16(21)11-22-15/h2-3,10,14,20H,4-9,11H2,1H3,(H,17,21). The minimum atomic E-state index is -0.524. The van der Waals surface area contributed by atoms with Crippen LogP contribution in [0.5, 0.6) is 5.75 Å². The summed E-state index contributed by atoms with van der Waals surface area (Å²) in [7, 11) is 2.13. The maximum atomic E-state index is 11.4. The molecule has 2 N–H and O–H groups in total. The van der Waals surface area contributed by atoms with E-state index in [1.165, 1.54) is 0 Å². The van der Waals surface area contributed by atoms with Crippen LogP contribution in [0.4, 0.5) is 5.69 Å². The van der Waals surface area contributed by atoms with Crippen LogP contribution in [0.25, 0.3) is 0 Å². The molecule has 0 radical (unpaired) electrons. The number of fused-ring (bicyclic) bond motifs is 1. The highest BCUT2D eigenvalue weighted by atomic mass is 16.5. The molecular weight excluding hydrogens is 282 g/mol. The molecule has 0 bridgehead atoms. The van der Waals surface area contributed by atoms with Gasteiger partial charge in [0.1, 0.15) is 5.75 Å². The van der Waals surface area contributed by atoms with Crippen molar-refractivity contribution >= 4 is 11.6 Å². The Kier molecular flexibility index (Phi) is 4.61. The highest BCUT2D eigenvalue weighted by Crippen LogP contribution is 2.31. The molecule has 1 unspecified atom stereocenters. The number of nitrogens with zero attached hydrogens (tertiary/aromatic N) is 2. The zero-order valence-corrected chi connectivity index (χ0v) is 12.9. The Balaban J connectivity index is 1.57. The quantitative estimate of drug-likeness (QED) is 0.857. The van der Waals surface area contributed by atoms with Crippen LogP contribution in [-0.2, 0) is 4.79 Å². The molecule has 2 heterocycles. The lowest BCUT2D eigenvalue weighted by Crippen LogP contribution is -2.44. The number of nitrogens with one attached hydrogen (secondary N) is 1. The molecule has 1 amide bonds. The van der Waals surface area contributed by atoms with Gasteiger partial charge in [-0.25, -0.2) is 0 Å². The fourth-order valence-corrected chi connectivity index (χ4v) is 2.85. The third-order valence-corrected chi connectivity index (χ3v) is 4.34. The van der Waals surface area contributed by atoms with E-state index in [1.54, 1.807) is 6.07 Å². The summed E-state index contributed by atoms with van der Waals surface area (Å²) in [5.74, 6) is 0.506. The van der Waals surface area contributed by atoms with Crippen molar-refractivity contribution in [3.05, 3.63) is 23.8 Å². The van der Waals surface area contributed by atoms with E-state index in [2.05, 4.69) is 22.2 Å².